The van der Waals surface area contributed by atoms with E-state index in [1.807, 2.05) is 19.0 Å². The molecule has 1 fully saturated rings. The van der Waals surface area contributed by atoms with Crippen LogP contribution in [0.15, 0.2) is 5.38 Å². The normalized spacial score (nSPS) is 16.2. The Bertz CT molecular complexity index is 452. The number of aryl methyl sites for hydroxylation is 1. The highest BCUT2D eigenvalue weighted by atomic mass is 32.1. The Kier molecular flexibility index (Phi) is 5.99. The van der Waals surface area contributed by atoms with Crippen LogP contribution in [0, 0.1) is 0 Å². The third-order valence-corrected chi connectivity index (χ3v) is 4.71. The van der Waals surface area contributed by atoms with Gasteiger partial charge in [-0.15, -0.1) is 11.3 Å². The van der Waals surface area contributed by atoms with Gasteiger partial charge >= 0.3 is 6.03 Å². The van der Waals surface area contributed by atoms with Gasteiger partial charge in [-0.05, 0) is 12.8 Å². The fourth-order valence-electron chi connectivity index (χ4n) is 2.47. The van der Waals surface area contributed by atoms with Crippen molar-refractivity contribution in [3.05, 3.63) is 16.1 Å². The number of amides is 2. The van der Waals surface area contributed by atoms with E-state index in [0.717, 1.165) is 39.1 Å². The van der Waals surface area contributed by atoms with Gasteiger partial charge in [0.05, 0.1) is 10.7 Å². The van der Waals surface area contributed by atoms with Crippen molar-refractivity contribution >= 4 is 17.4 Å². The summed E-state index contributed by atoms with van der Waals surface area (Å²) in [6.45, 7) is 6.60. The first-order valence-corrected chi connectivity index (χ1v) is 8.60. The molecule has 1 aliphatic heterocycles. The van der Waals surface area contributed by atoms with Gasteiger partial charge in [-0.3, -0.25) is 4.90 Å². The number of thiazole rings is 1. The number of carbonyl (C=O) groups is 1. The lowest BCUT2D eigenvalue weighted by atomic mass is 10.2. The standard InChI is InChI=1S/C15H26N4OS/c1-4-5-6-14-16-13(12-21-14)11-18-7-9-19(10-8-18)15(20)17(2)3/h12H,4-11H2,1-3H3. The Hall–Kier alpha value is -1.14. The second kappa shape index (κ2) is 7.75. The van der Waals surface area contributed by atoms with Crippen molar-refractivity contribution in [2.45, 2.75) is 32.7 Å². The monoisotopic (exact) mass is 310 g/mol. The molecule has 21 heavy (non-hydrogen) atoms. The number of hydrogen-bond acceptors (Lipinski definition) is 4. The topological polar surface area (TPSA) is 39.7 Å². The minimum absolute atomic E-state index is 0.116. The van der Waals surface area contributed by atoms with Crippen LogP contribution in [0.4, 0.5) is 4.79 Å². The van der Waals surface area contributed by atoms with Crippen LogP contribution in [0.2, 0.25) is 0 Å². The number of unbranched alkanes of at least 4 members (excludes halogenated alkanes) is 1. The summed E-state index contributed by atoms with van der Waals surface area (Å²) in [5.74, 6) is 0. The van der Waals surface area contributed by atoms with Crippen LogP contribution in [0.25, 0.3) is 0 Å². The molecule has 0 aliphatic carbocycles. The maximum Gasteiger partial charge on any atom is 0.319 e. The van der Waals surface area contributed by atoms with Crippen LogP contribution >= 0.6 is 11.3 Å². The number of rotatable bonds is 5. The molecule has 5 nitrogen and oxygen atoms in total. The van der Waals surface area contributed by atoms with E-state index in [-0.39, 0.29) is 6.03 Å². The van der Waals surface area contributed by atoms with Gasteiger partial charge in [0.2, 0.25) is 0 Å². The summed E-state index contributed by atoms with van der Waals surface area (Å²) in [6.07, 6.45) is 3.54. The van der Waals surface area contributed by atoms with Gasteiger partial charge in [0.1, 0.15) is 0 Å². The van der Waals surface area contributed by atoms with Crippen LogP contribution < -0.4 is 0 Å². The third kappa shape index (κ3) is 4.68. The summed E-state index contributed by atoms with van der Waals surface area (Å²) in [5, 5.41) is 3.44. The number of piperazine rings is 1. The highest BCUT2D eigenvalue weighted by molar-refractivity contribution is 7.09. The first-order valence-electron chi connectivity index (χ1n) is 7.72. The lowest BCUT2D eigenvalue weighted by Gasteiger charge is -2.35. The first-order chi connectivity index (χ1) is 10.1. The minimum atomic E-state index is 0.116. The molecule has 2 heterocycles. The molecule has 1 aromatic heterocycles. The van der Waals surface area contributed by atoms with Crippen molar-refractivity contribution in [3.63, 3.8) is 0 Å². The maximum absolute atomic E-state index is 11.9. The van der Waals surface area contributed by atoms with Crippen molar-refractivity contribution in [2.24, 2.45) is 0 Å². The molecule has 0 spiro atoms. The van der Waals surface area contributed by atoms with Gasteiger partial charge in [-0.25, -0.2) is 9.78 Å². The summed E-state index contributed by atoms with van der Waals surface area (Å²) in [7, 11) is 3.61. The van der Waals surface area contributed by atoms with Gasteiger partial charge in [-0.1, -0.05) is 13.3 Å². The molecule has 1 aromatic rings. The van der Waals surface area contributed by atoms with Crippen LogP contribution in [0.5, 0.6) is 0 Å². The lowest BCUT2D eigenvalue weighted by molar-refractivity contribution is 0.119. The third-order valence-electron chi connectivity index (χ3n) is 3.75. The molecule has 0 radical (unpaired) electrons. The fourth-order valence-corrected chi connectivity index (χ4v) is 3.31. The van der Waals surface area contributed by atoms with E-state index < -0.39 is 0 Å². The quantitative estimate of drug-likeness (QED) is 0.838. The van der Waals surface area contributed by atoms with Crippen molar-refractivity contribution < 1.29 is 4.79 Å². The summed E-state index contributed by atoms with van der Waals surface area (Å²) in [6, 6.07) is 0.116. The van der Waals surface area contributed by atoms with E-state index in [1.54, 1.807) is 16.2 Å². The number of aromatic nitrogens is 1. The van der Waals surface area contributed by atoms with Crippen LogP contribution in [0.1, 0.15) is 30.5 Å². The van der Waals surface area contributed by atoms with E-state index >= 15 is 0 Å². The Morgan fingerprint density at radius 1 is 1.33 bits per heavy atom. The predicted octanol–water partition coefficient (Wildman–Crippen LogP) is 2.28. The number of hydrogen-bond donors (Lipinski definition) is 0. The maximum atomic E-state index is 11.9. The minimum Gasteiger partial charge on any atom is -0.331 e. The fraction of sp³-hybridized carbons (Fsp3) is 0.733. The van der Waals surface area contributed by atoms with Crippen molar-refractivity contribution in [2.75, 3.05) is 40.3 Å². The molecule has 0 aromatic carbocycles. The highest BCUT2D eigenvalue weighted by Crippen LogP contribution is 2.15. The highest BCUT2D eigenvalue weighted by Gasteiger charge is 2.22. The molecular formula is C15H26N4OS. The zero-order chi connectivity index (χ0) is 15.2. The molecule has 1 saturated heterocycles. The zero-order valence-corrected chi connectivity index (χ0v) is 14.2. The Morgan fingerprint density at radius 3 is 2.67 bits per heavy atom. The molecule has 118 valence electrons. The van der Waals surface area contributed by atoms with Crippen LogP contribution in [0.3, 0.4) is 0 Å². The molecular weight excluding hydrogens is 284 g/mol. The summed E-state index contributed by atoms with van der Waals surface area (Å²) >= 11 is 1.78. The van der Waals surface area contributed by atoms with E-state index in [4.69, 9.17) is 4.98 Å². The number of nitrogens with zero attached hydrogens (tertiary/aromatic N) is 4. The van der Waals surface area contributed by atoms with E-state index in [0.29, 0.717) is 0 Å². The van der Waals surface area contributed by atoms with Gasteiger partial charge in [0.15, 0.2) is 0 Å². The molecule has 0 unspecified atom stereocenters. The molecule has 0 N–H and O–H groups in total. The number of carbonyl (C=O) groups excluding carboxylic acids is 1. The Labute approximate surface area is 131 Å². The van der Waals surface area contributed by atoms with Crippen LogP contribution in [-0.2, 0) is 13.0 Å². The molecule has 2 rings (SSSR count). The first kappa shape index (κ1) is 16.2. The SMILES string of the molecule is CCCCc1nc(CN2CCN(C(=O)N(C)C)CC2)cs1. The lowest BCUT2D eigenvalue weighted by Crippen LogP contribution is -2.51. The van der Waals surface area contributed by atoms with Crippen LogP contribution in [-0.4, -0.2) is 66.0 Å². The van der Waals surface area contributed by atoms with E-state index in [9.17, 15) is 4.79 Å². The Balaban J connectivity index is 1.78. The summed E-state index contributed by atoms with van der Waals surface area (Å²) in [5.41, 5.74) is 1.18. The summed E-state index contributed by atoms with van der Waals surface area (Å²) in [4.78, 5) is 22.6. The average Bonchev–Trinajstić information content (AvgIpc) is 2.92. The summed E-state index contributed by atoms with van der Waals surface area (Å²) < 4.78 is 0. The van der Waals surface area contributed by atoms with Crippen molar-refractivity contribution in [1.29, 1.82) is 0 Å². The Morgan fingerprint density at radius 2 is 2.05 bits per heavy atom. The van der Waals surface area contributed by atoms with E-state index in [2.05, 4.69) is 17.2 Å². The molecule has 0 bridgehead atoms. The van der Waals surface area contributed by atoms with Gasteiger partial charge in [-0.2, -0.15) is 0 Å². The number of urea groups is 1. The molecule has 0 saturated carbocycles. The smallest absolute Gasteiger partial charge is 0.319 e. The predicted molar refractivity (Wildman–Crippen MR) is 86.7 cm³/mol. The zero-order valence-electron chi connectivity index (χ0n) is 13.3. The average molecular weight is 310 g/mol. The van der Waals surface area contributed by atoms with Gasteiger partial charge in [0, 0.05) is 52.2 Å². The van der Waals surface area contributed by atoms with E-state index in [1.165, 1.54) is 23.5 Å². The molecule has 6 heteroatoms. The molecule has 0 atom stereocenters. The van der Waals surface area contributed by atoms with Crippen molar-refractivity contribution in [1.82, 2.24) is 19.7 Å². The second-order valence-corrected chi connectivity index (χ2v) is 6.72. The largest absolute Gasteiger partial charge is 0.331 e. The van der Waals surface area contributed by atoms with Gasteiger partial charge < -0.3 is 9.80 Å². The molecule has 2 amide bonds. The van der Waals surface area contributed by atoms with Gasteiger partial charge in [0.25, 0.3) is 0 Å². The molecule has 1 aliphatic rings. The van der Waals surface area contributed by atoms with Crippen molar-refractivity contribution in [3.8, 4) is 0 Å². The second-order valence-electron chi connectivity index (χ2n) is 5.78.